The summed E-state index contributed by atoms with van der Waals surface area (Å²) in [5.41, 5.74) is 0. The van der Waals surface area contributed by atoms with E-state index in [1.165, 1.54) is 19.3 Å². The van der Waals surface area contributed by atoms with E-state index in [-0.39, 0.29) is 0 Å². The molecule has 0 saturated heterocycles. The summed E-state index contributed by atoms with van der Waals surface area (Å²) in [4.78, 5) is 0. The second-order valence-electron chi connectivity index (χ2n) is 6.11. The Balaban J connectivity index is 2.07. The van der Waals surface area contributed by atoms with Crippen molar-refractivity contribution in [2.24, 2.45) is 5.92 Å². The van der Waals surface area contributed by atoms with Gasteiger partial charge in [-0.1, -0.05) is 86.5 Å². The lowest BCUT2D eigenvalue weighted by molar-refractivity contribution is 0.412. The number of hydrogen-bond donors (Lipinski definition) is 0. The van der Waals surface area contributed by atoms with Crippen LogP contribution < -0.4 is 10.6 Å². The Morgan fingerprint density at radius 3 is 1.73 bits per heavy atom. The Morgan fingerprint density at radius 1 is 0.818 bits per heavy atom. The molecule has 1 aliphatic carbocycles. The fraction of sp³-hybridized carbons (Fsp3) is 0.300. The van der Waals surface area contributed by atoms with Crippen molar-refractivity contribution in [1.82, 2.24) is 0 Å². The van der Waals surface area contributed by atoms with Gasteiger partial charge in [-0.2, -0.15) is 0 Å². The van der Waals surface area contributed by atoms with E-state index in [0.29, 0.717) is 5.92 Å². The highest BCUT2D eigenvalue weighted by molar-refractivity contribution is 7.82. The van der Waals surface area contributed by atoms with E-state index in [9.17, 15) is 4.57 Å². The van der Waals surface area contributed by atoms with E-state index in [2.05, 4.69) is 6.58 Å². The Hall–Kier alpha value is -1.59. The lowest BCUT2D eigenvalue weighted by Gasteiger charge is -2.30. The maximum Gasteiger partial charge on any atom is 0.166 e. The van der Waals surface area contributed by atoms with Crippen LogP contribution in [0.1, 0.15) is 32.1 Å². The molecule has 2 heteroatoms. The van der Waals surface area contributed by atoms with Crippen molar-refractivity contribution in [3.63, 3.8) is 0 Å². The SMILES string of the molecule is C=C(C1CCCCC1)P(=O)(c1ccccc1)c1ccccc1. The molecule has 0 N–H and O–H groups in total. The molecule has 0 unspecified atom stereocenters. The molecule has 1 aliphatic rings. The average molecular weight is 310 g/mol. The van der Waals surface area contributed by atoms with Gasteiger partial charge in [-0.15, -0.1) is 0 Å². The molecule has 1 fully saturated rings. The molecule has 0 amide bonds. The third-order valence-corrected chi connectivity index (χ3v) is 7.95. The van der Waals surface area contributed by atoms with Crippen LogP contribution in [0.15, 0.2) is 72.6 Å². The monoisotopic (exact) mass is 310 g/mol. The zero-order valence-electron chi connectivity index (χ0n) is 12.9. The number of allylic oxidation sites excluding steroid dienone is 1. The summed E-state index contributed by atoms with van der Waals surface area (Å²) in [7, 11) is -2.78. The molecule has 3 rings (SSSR count). The second kappa shape index (κ2) is 6.67. The van der Waals surface area contributed by atoms with Gasteiger partial charge in [0.05, 0.1) is 0 Å². The van der Waals surface area contributed by atoms with E-state index in [1.54, 1.807) is 0 Å². The molecule has 1 nitrogen and oxygen atoms in total. The summed E-state index contributed by atoms with van der Waals surface area (Å²) in [6.45, 7) is 4.34. The molecular weight excluding hydrogens is 287 g/mol. The molecular formula is C20H23OP. The Morgan fingerprint density at radius 2 is 1.27 bits per heavy atom. The van der Waals surface area contributed by atoms with Gasteiger partial charge in [-0.3, -0.25) is 0 Å². The first-order valence-corrected chi connectivity index (χ1v) is 9.84. The van der Waals surface area contributed by atoms with E-state index < -0.39 is 7.14 Å². The van der Waals surface area contributed by atoms with Crippen molar-refractivity contribution in [2.45, 2.75) is 32.1 Å². The molecule has 0 atom stereocenters. The number of benzene rings is 2. The Labute approximate surface area is 133 Å². The van der Waals surface area contributed by atoms with Crippen LogP contribution in [0.2, 0.25) is 0 Å². The molecule has 0 bridgehead atoms. The molecule has 0 heterocycles. The summed E-state index contributed by atoms with van der Waals surface area (Å²) in [6, 6.07) is 19.8. The third-order valence-electron chi connectivity index (χ3n) is 4.72. The van der Waals surface area contributed by atoms with Crippen molar-refractivity contribution < 1.29 is 4.57 Å². The quantitative estimate of drug-likeness (QED) is 0.718. The normalized spacial score (nSPS) is 16.4. The average Bonchev–Trinajstić information content (AvgIpc) is 2.62. The van der Waals surface area contributed by atoms with Crippen LogP contribution >= 0.6 is 7.14 Å². The van der Waals surface area contributed by atoms with Crippen LogP contribution in [-0.2, 0) is 4.57 Å². The van der Waals surface area contributed by atoms with Crippen LogP contribution in [0.4, 0.5) is 0 Å². The fourth-order valence-electron chi connectivity index (χ4n) is 3.45. The summed E-state index contributed by atoms with van der Waals surface area (Å²) in [5.74, 6) is 0.389. The molecule has 2 aromatic carbocycles. The fourth-order valence-corrected chi connectivity index (χ4v) is 6.37. The zero-order valence-corrected chi connectivity index (χ0v) is 13.8. The van der Waals surface area contributed by atoms with Gasteiger partial charge >= 0.3 is 0 Å². The first kappa shape index (κ1) is 15.3. The Kier molecular flexibility index (Phi) is 4.64. The first-order chi connectivity index (χ1) is 10.7. The molecule has 1 saturated carbocycles. The van der Waals surface area contributed by atoms with E-state index in [1.807, 2.05) is 60.7 Å². The Bertz CT molecular complexity index is 626. The van der Waals surface area contributed by atoms with Gasteiger partial charge in [0.15, 0.2) is 7.14 Å². The van der Waals surface area contributed by atoms with Gasteiger partial charge in [0.1, 0.15) is 0 Å². The van der Waals surface area contributed by atoms with Crippen LogP contribution in [0, 0.1) is 5.92 Å². The maximum atomic E-state index is 14.1. The second-order valence-corrected chi connectivity index (χ2v) is 8.93. The largest absolute Gasteiger partial charge is 0.309 e. The highest BCUT2D eigenvalue weighted by atomic mass is 31.2. The summed E-state index contributed by atoms with van der Waals surface area (Å²) in [5, 5.41) is 2.78. The predicted molar refractivity (Wildman–Crippen MR) is 95.5 cm³/mol. The zero-order chi connectivity index (χ0) is 15.4. The molecule has 114 valence electrons. The van der Waals surface area contributed by atoms with E-state index >= 15 is 0 Å². The lowest BCUT2D eigenvalue weighted by Crippen LogP contribution is -2.21. The summed E-state index contributed by atoms with van der Waals surface area (Å²) < 4.78 is 14.1. The smallest absolute Gasteiger partial charge is 0.166 e. The molecule has 0 aliphatic heterocycles. The third kappa shape index (κ3) is 2.83. The standard InChI is InChI=1S/C20H23OP/c1-17(18-11-5-2-6-12-18)22(21,19-13-7-3-8-14-19)20-15-9-4-10-16-20/h3-4,7-10,13-16,18H,1-2,5-6,11-12H2. The van der Waals surface area contributed by atoms with Crippen molar-refractivity contribution in [1.29, 1.82) is 0 Å². The minimum atomic E-state index is -2.78. The van der Waals surface area contributed by atoms with Crippen molar-refractivity contribution in [3.05, 3.63) is 72.6 Å². The van der Waals surface area contributed by atoms with Crippen molar-refractivity contribution in [3.8, 4) is 0 Å². The lowest BCUT2D eigenvalue weighted by atomic mass is 9.89. The number of rotatable bonds is 4. The highest BCUT2D eigenvalue weighted by Gasteiger charge is 2.35. The van der Waals surface area contributed by atoms with Gasteiger partial charge < -0.3 is 4.57 Å². The minimum Gasteiger partial charge on any atom is -0.309 e. The molecule has 0 aromatic heterocycles. The van der Waals surface area contributed by atoms with Gasteiger partial charge in [-0.25, -0.2) is 0 Å². The van der Waals surface area contributed by atoms with E-state index in [0.717, 1.165) is 28.8 Å². The summed E-state index contributed by atoms with van der Waals surface area (Å²) in [6.07, 6.45) is 6.01. The van der Waals surface area contributed by atoms with Crippen LogP contribution in [0.25, 0.3) is 0 Å². The molecule has 0 spiro atoms. The van der Waals surface area contributed by atoms with Gasteiger partial charge in [0, 0.05) is 10.6 Å². The minimum absolute atomic E-state index is 0.389. The molecule has 0 radical (unpaired) electrons. The van der Waals surface area contributed by atoms with Gasteiger partial charge in [-0.05, 0) is 24.1 Å². The summed E-state index contributed by atoms with van der Waals surface area (Å²) >= 11 is 0. The van der Waals surface area contributed by atoms with Crippen LogP contribution in [0.5, 0.6) is 0 Å². The highest BCUT2D eigenvalue weighted by Crippen LogP contribution is 2.56. The van der Waals surface area contributed by atoms with Gasteiger partial charge in [0.25, 0.3) is 0 Å². The number of hydrogen-bond acceptors (Lipinski definition) is 1. The first-order valence-electron chi connectivity index (χ1n) is 8.13. The van der Waals surface area contributed by atoms with E-state index in [4.69, 9.17) is 0 Å². The van der Waals surface area contributed by atoms with Crippen LogP contribution in [-0.4, -0.2) is 0 Å². The van der Waals surface area contributed by atoms with Gasteiger partial charge in [0.2, 0.25) is 0 Å². The molecule has 2 aromatic rings. The van der Waals surface area contributed by atoms with Crippen molar-refractivity contribution in [2.75, 3.05) is 0 Å². The predicted octanol–water partition coefficient (Wildman–Crippen LogP) is 5.09. The topological polar surface area (TPSA) is 17.1 Å². The van der Waals surface area contributed by atoms with Crippen LogP contribution in [0.3, 0.4) is 0 Å². The van der Waals surface area contributed by atoms with Crippen molar-refractivity contribution >= 4 is 17.8 Å². The maximum absolute atomic E-state index is 14.1. The molecule has 22 heavy (non-hydrogen) atoms.